The summed E-state index contributed by atoms with van der Waals surface area (Å²) in [7, 11) is 0. The van der Waals surface area contributed by atoms with Gasteiger partial charge in [-0.15, -0.1) is 0 Å². The first-order valence-corrected chi connectivity index (χ1v) is 9.58. The Balaban J connectivity index is 1.41. The number of hydrogen-bond acceptors (Lipinski definition) is 3. The molecule has 1 saturated carbocycles. The molecule has 0 spiro atoms. The zero-order chi connectivity index (χ0) is 18.5. The molecule has 6 nitrogen and oxygen atoms in total. The topological polar surface area (TPSA) is 72.9 Å². The van der Waals surface area contributed by atoms with Gasteiger partial charge in [0.1, 0.15) is 0 Å². The molecule has 2 N–H and O–H groups in total. The van der Waals surface area contributed by atoms with Gasteiger partial charge in [0.25, 0.3) is 0 Å². The van der Waals surface area contributed by atoms with Gasteiger partial charge in [-0.1, -0.05) is 24.3 Å². The summed E-state index contributed by atoms with van der Waals surface area (Å²) in [6.07, 6.45) is 2.83. The second-order valence-corrected chi connectivity index (χ2v) is 7.53. The van der Waals surface area contributed by atoms with Crippen LogP contribution in [-0.4, -0.2) is 59.1 Å². The maximum Gasteiger partial charge on any atom is 0.317 e. The molecule has 3 rings (SSSR count). The molecule has 2 amide bonds. The van der Waals surface area contributed by atoms with Crippen LogP contribution in [0.1, 0.15) is 36.8 Å². The highest BCUT2D eigenvalue weighted by Gasteiger charge is 2.28. The summed E-state index contributed by atoms with van der Waals surface area (Å²) in [6.45, 7) is 6.31. The van der Waals surface area contributed by atoms with Crippen molar-refractivity contribution in [2.75, 3.05) is 26.2 Å². The minimum absolute atomic E-state index is 0.000633. The second-order valence-electron chi connectivity index (χ2n) is 7.53. The van der Waals surface area contributed by atoms with E-state index in [0.717, 1.165) is 45.6 Å². The third kappa shape index (κ3) is 4.75. The van der Waals surface area contributed by atoms with Crippen LogP contribution in [0, 0.1) is 12.8 Å². The predicted molar refractivity (Wildman–Crippen MR) is 99.9 cm³/mol. The highest BCUT2D eigenvalue weighted by atomic mass is 16.4. The average Bonchev–Trinajstić information content (AvgIpc) is 2.64. The fourth-order valence-corrected chi connectivity index (χ4v) is 3.89. The fraction of sp³-hybridized carbons (Fsp3) is 0.600. The van der Waals surface area contributed by atoms with Gasteiger partial charge in [-0.25, -0.2) is 4.79 Å². The number of aryl methyl sites for hydroxylation is 1. The van der Waals surface area contributed by atoms with Gasteiger partial charge in [-0.05, 0) is 43.7 Å². The number of benzene rings is 1. The third-order valence-corrected chi connectivity index (χ3v) is 5.72. The number of nitrogens with one attached hydrogen (secondary N) is 1. The van der Waals surface area contributed by atoms with Crippen molar-refractivity contribution in [3.63, 3.8) is 0 Å². The van der Waals surface area contributed by atoms with Crippen LogP contribution in [0.3, 0.4) is 0 Å². The molecule has 1 aromatic rings. The molecule has 0 radical (unpaired) electrons. The van der Waals surface area contributed by atoms with Gasteiger partial charge < -0.3 is 15.3 Å². The summed E-state index contributed by atoms with van der Waals surface area (Å²) in [5.74, 6) is -0.951. The Labute approximate surface area is 155 Å². The van der Waals surface area contributed by atoms with Crippen molar-refractivity contribution in [1.82, 2.24) is 15.1 Å². The monoisotopic (exact) mass is 359 g/mol. The van der Waals surface area contributed by atoms with Crippen molar-refractivity contribution >= 4 is 12.0 Å². The molecule has 1 aromatic carbocycles. The zero-order valence-electron chi connectivity index (χ0n) is 15.5. The van der Waals surface area contributed by atoms with E-state index in [9.17, 15) is 9.59 Å². The van der Waals surface area contributed by atoms with Crippen molar-refractivity contribution in [3.8, 4) is 0 Å². The number of nitrogens with zero attached hydrogens (tertiary/aromatic N) is 2. The van der Waals surface area contributed by atoms with Crippen LogP contribution in [-0.2, 0) is 11.3 Å². The normalized spacial score (nSPS) is 24.3. The summed E-state index contributed by atoms with van der Waals surface area (Å²) < 4.78 is 0. The van der Waals surface area contributed by atoms with E-state index in [1.54, 1.807) is 0 Å². The van der Waals surface area contributed by atoms with Gasteiger partial charge in [0.05, 0.1) is 5.92 Å². The fourth-order valence-electron chi connectivity index (χ4n) is 3.89. The maximum atomic E-state index is 12.5. The number of carboxylic acids is 1. The highest BCUT2D eigenvalue weighted by molar-refractivity contribution is 5.75. The molecule has 1 saturated heterocycles. The quantitative estimate of drug-likeness (QED) is 0.866. The Morgan fingerprint density at radius 3 is 2.35 bits per heavy atom. The predicted octanol–water partition coefficient (Wildman–Crippen LogP) is 2.47. The molecule has 6 heteroatoms. The van der Waals surface area contributed by atoms with E-state index in [1.165, 1.54) is 11.1 Å². The summed E-state index contributed by atoms with van der Waals surface area (Å²) in [4.78, 5) is 27.8. The van der Waals surface area contributed by atoms with Crippen LogP contribution < -0.4 is 5.32 Å². The maximum absolute atomic E-state index is 12.5. The lowest BCUT2D eigenvalue weighted by Crippen LogP contribution is -2.53. The average molecular weight is 359 g/mol. The first-order valence-electron chi connectivity index (χ1n) is 9.58. The van der Waals surface area contributed by atoms with Crippen LogP contribution in [0.4, 0.5) is 4.79 Å². The molecule has 1 aliphatic carbocycles. The molecule has 1 aliphatic heterocycles. The van der Waals surface area contributed by atoms with Gasteiger partial charge >= 0.3 is 12.0 Å². The molecule has 0 atom stereocenters. The first-order chi connectivity index (χ1) is 12.5. The Bertz CT molecular complexity index is 633. The smallest absolute Gasteiger partial charge is 0.317 e. The number of urea groups is 1. The molecule has 2 aliphatic rings. The zero-order valence-corrected chi connectivity index (χ0v) is 15.5. The largest absolute Gasteiger partial charge is 0.481 e. The van der Waals surface area contributed by atoms with E-state index in [1.807, 2.05) is 4.90 Å². The van der Waals surface area contributed by atoms with Crippen LogP contribution in [0.15, 0.2) is 24.3 Å². The lowest BCUT2D eigenvalue weighted by molar-refractivity contribution is -0.142. The third-order valence-electron chi connectivity index (χ3n) is 5.72. The molecule has 0 bridgehead atoms. The Kier molecular flexibility index (Phi) is 6.14. The standard InChI is InChI=1S/C20H29N3O3/c1-15-4-2-3-5-17(15)14-22-10-12-23(13-11-22)20(26)21-18-8-6-16(7-9-18)19(24)25/h2-5,16,18H,6-14H2,1H3,(H,21,26)(H,24,25). The minimum Gasteiger partial charge on any atom is -0.481 e. The molecule has 26 heavy (non-hydrogen) atoms. The van der Waals surface area contributed by atoms with E-state index >= 15 is 0 Å². The van der Waals surface area contributed by atoms with Gasteiger partial charge in [0.2, 0.25) is 0 Å². The minimum atomic E-state index is -0.709. The number of rotatable bonds is 4. The molecule has 2 fully saturated rings. The number of aliphatic carboxylic acids is 1. The summed E-state index contributed by atoms with van der Waals surface area (Å²) in [5, 5.41) is 12.2. The van der Waals surface area contributed by atoms with E-state index in [-0.39, 0.29) is 18.0 Å². The van der Waals surface area contributed by atoms with Crippen molar-refractivity contribution < 1.29 is 14.7 Å². The summed E-state index contributed by atoms with van der Waals surface area (Å²) >= 11 is 0. The first kappa shape index (κ1) is 18.7. The van der Waals surface area contributed by atoms with Crippen LogP contribution in [0.25, 0.3) is 0 Å². The van der Waals surface area contributed by atoms with Crippen LogP contribution >= 0.6 is 0 Å². The van der Waals surface area contributed by atoms with Crippen molar-refractivity contribution in [2.45, 2.75) is 45.2 Å². The second kappa shape index (κ2) is 8.54. The van der Waals surface area contributed by atoms with E-state index < -0.39 is 5.97 Å². The summed E-state index contributed by atoms with van der Waals surface area (Å²) in [5.41, 5.74) is 2.66. The number of carbonyl (C=O) groups is 2. The van der Waals surface area contributed by atoms with Crippen LogP contribution in [0.2, 0.25) is 0 Å². The van der Waals surface area contributed by atoms with E-state index in [0.29, 0.717) is 12.8 Å². The van der Waals surface area contributed by atoms with Crippen molar-refractivity contribution in [3.05, 3.63) is 35.4 Å². The SMILES string of the molecule is Cc1ccccc1CN1CCN(C(=O)NC2CCC(C(=O)O)CC2)CC1. The van der Waals surface area contributed by atoms with E-state index in [4.69, 9.17) is 5.11 Å². The molecular weight excluding hydrogens is 330 g/mol. The molecule has 0 aromatic heterocycles. The van der Waals surface area contributed by atoms with E-state index in [2.05, 4.69) is 41.4 Å². The number of carbonyl (C=O) groups excluding carboxylic acids is 1. The number of hydrogen-bond donors (Lipinski definition) is 2. The molecular formula is C20H29N3O3. The van der Waals surface area contributed by atoms with Gasteiger partial charge in [0.15, 0.2) is 0 Å². The Hall–Kier alpha value is -2.08. The van der Waals surface area contributed by atoms with Crippen molar-refractivity contribution in [1.29, 1.82) is 0 Å². The molecule has 0 unspecified atom stereocenters. The van der Waals surface area contributed by atoms with Gasteiger partial charge in [-0.2, -0.15) is 0 Å². The van der Waals surface area contributed by atoms with Crippen molar-refractivity contribution in [2.24, 2.45) is 5.92 Å². The Morgan fingerprint density at radius 2 is 1.73 bits per heavy atom. The Morgan fingerprint density at radius 1 is 1.08 bits per heavy atom. The lowest BCUT2D eigenvalue weighted by Gasteiger charge is -2.36. The molecule has 1 heterocycles. The van der Waals surface area contributed by atoms with Crippen LogP contribution in [0.5, 0.6) is 0 Å². The summed E-state index contributed by atoms with van der Waals surface area (Å²) in [6, 6.07) is 8.55. The van der Waals surface area contributed by atoms with Gasteiger partial charge in [-0.3, -0.25) is 9.69 Å². The highest BCUT2D eigenvalue weighted by Crippen LogP contribution is 2.24. The molecule has 142 valence electrons. The number of amides is 2. The number of piperazine rings is 1. The van der Waals surface area contributed by atoms with Gasteiger partial charge in [0, 0.05) is 38.8 Å². The number of carboxylic acid groups (broad SMARTS) is 1. The lowest BCUT2D eigenvalue weighted by atomic mass is 9.86.